The first-order valence-electron chi connectivity index (χ1n) is 10.6. The number of carbonyl (C=O) groups is 1. The Kier molecular flexibility index (Phi) is 7.66. The monoisotopic (exact) mass is 533 g/mol. The number of hydrogen-bond acceptors (Lipinski definition) is 5. The zero-order chi connectivity index (χ0) is 25.0. The summed E-state index contributed by atoms with van der Waals surface area (Å²) in [6, 6.07) is 16.1. The van der Waals surface area contributed by atoms with Crippen LogP contribution in [-0.2, 0) is 21.3 Å². The number of halogens is 2. The van der Waals surface area contributed by atoms with Gasteiger partial charge in [-0.1, -0.05) is 22.9 Å². The van der Waals surface area contributed by atoms with Crippen LogP contribution in [0.1, 0.15) is 17.3 Å². The third-order valence-electron chi connectivity index (χ3n) is 5.01. The van der Waals surface area contributed by atoms with Crippen molar-refractivity contribution in [2.45, 2.75) is 18.4 Å². The number of carbonyl (C=O) groups excluding carboxylic acids is 1. The molecule has 1 N–H and O–H groups in total. The van der Waals surface area contributed by atoms with Crippen molar-refractivity contribution in [1.29, 1.82) is 0 Å². The molecule has 1 amide bonds. The Morgan fingerprint density at radius 3 is 2.51 bits per heavy atom. The van der Waals surface area contributed by atoms with E-state index in [9.17, 15) is 17.6 Å². The quantitative estimate of drug-likeness (QED) is 0.320. The molecular weight excluding hydrogens is 513 g/mol. The molecule has 0 bridgehead atoms. The summed E-state index contributed by atoms with van der Waals surface area (Å²) in [5.41, 5.74) is 1.33. The van der Waals surface area contributed by atoms with Crippen molar-refractivity contribution < 1.29 is 22.3 Å². The number of nitrogens with one attached hydrogen (secondary N) is 1. The van der Waals surface area contributed by atoms with Gasteiger partial charge in [-0.3, -0.25) is 9.52 Å². The maximum absolute atomic E-state index is 13.7. The summed E-state index contributed by atoms with van der Waals surface area (Å²) in [5.74, 6) is -0.875. The number of sulfonamides is 1. The lowest BCUT2D eigenvalue weighted by atomic mass is 10.2. The van der Waals surface area contributed by atoms with Crippen LogP contribution in [0.2, 0.25) is 5.02 Å². The lowest BCUT2D eigenvalue weighted by molar-refractivity contribution is 0.0996. The molecule has 0 saturated carbocycles. The van der Waals surface area contributed by atoms with Crippen LogP contribution < -0.4 is 9.52 Å². The number of rotatable bonds is 8. The molecule has 4 aromatic rings. The fourth-order valence-electron chi connectivity index (χ4n) is 3.31. The molecule has 0 radical (unpaired) electrons. The predicted octanol–water partition coefficient (Wildman–Crippen LogP) is 5.07. The van der Waals surface area contributed by atoms with Gasteiger partial charge in [0.15, 0.2) is 4.80 Å². The van der Waals surface area contributed by atoms with Crippen molar-refractivity contribution in [3.05, 3.63) is 87.9 Å². The summed E-state index contributed by atoms with van der Waals surface area (Å²) in [5, 5.41) is 0.429. The number of anilines is 1. The van der Waals surface area contributed by atoms with E-state index >= 15 is 0 Å². The van der Waals surface area contributed by atoms with E-state index in [4.69, 9.17) is 16.3 Å². The highest BCUT2D eigenvalue weighted by Crippen LogP contribution is 2.20. The molecule has 0 aliphatic carbocycles. The van der Waals surface area contributed by atoms with Crippen LogP contribution in [0.3, 0.4) is 0 Å². The lowest BCUT2D eigenvalue weighted by Gasteiger charge is -2.08. The zero-order valence-corrected chi connectivity index (χ0v) is 21.0. The summed E-state index contributed by atoms with van der Waals surface area (Å²) < 4.78 is 49.2. The fraction of sp³-hybridized carbons (Fsp3) is 0.167. The first-order valence-corrected chi connectivity index (χ1v) is 13.3. The Bertz CT molecular complexity index is 1530. The molecule has 1 heterocycles. The standard InChI is InChI=1S/C24H21ClFN3O4S2/c1-2-33-14-13-29-21-12-7-18(26)15-22(21)34-24(29)27-23(30)16-3-8-19(9-4-16)28-35(31,32)20-10-5-17(25)6-11-20/h3-12,15,28H,2,13-14H2,1H3. The van der Waals surface area contributed by atoms with Gasteiger partial charge in [0, 0.05) is 29.4 Å². The van der Waals surface area contributed by atoms with Gasteiger partial charge in [0.25, 0.3) is 15.9 Å². The van der Waals surface area contributed by atoms with Crippen molar-refractivity contribution >= 4 is 54.8 Å². The Morgan fingerprint density at radius 2 is 1.83 bits per heavy atom. The van der Waals surface area contributed by atoms with Crippen LogP contribution in [-0.4, -0.2) is 32.1 Å². The molecule has 35 heavy (non-hydrogen) atoms. The average Bonchev–Trinajstić information content (AvgIpc) is 3.15. The Balaban J connectivity index is 1.58. The topological polar surface area (TPSA) is 89.8 Å². The highest BCUT2D eigenvalue weighted by atomic mass is 35.5. The molecule has 0 spiro atoms. The molecule has 0 aliphatic heterocycles. The van der Waals surface area contributed by atoms with Gasteiger partial charge in [-0.05, 0) is 73.7 Å². The van der Waals surface area contributed by atoms with Gasteiger partial charge in [0.2, 0.25) is 0 Å². The number of fused-ring (bicyclic) bond motifs is 1. The highest BCUT2D eigenvalue weighted by Gasteiger charge is 2.15. The lowest BCUT2D eigenvalue weighted by Crippen LogP contribution is -2.19. The first-order chi connectivity index (χ1) is 16.8. The van der Waals surface area contributed by atoms with Crippen molar-refractivity contribution in [3.8, 4) is 0 Å². The molecule has 3 aromatic carbocycles. The van der Waals surface area contributed by atoms with Crippen molar-refractivity contribution in [2.24, 2.45) is 4.99 Å². The number of hydrogen-bond donors (Lipinski definition) is 1. The van der Waals surface area contributed by atoms with Crippen LogP contribution in [0.4, 0.5) is 10.1 Å². The molecular formula is C24H21ClFN3O4S2. The van der Waals surface area contributed by atoms with Crippen molar-refractivity contribution in [2.75, 3.05) is 17.9 Å². The Hall–Kier alpha value is -3.05. The molecule has 7 nitrogen and oxygen atoms in total. The summed E-state index contributed by atoms with van der Waals surface area (Å²) in [6.45, 7) is 3.32. The van der Waals surface area contributed by atoms with Gasteiger partial charge in [0.05, 0.1) is 21.7 Å². The minimum absolute atomic E-state index is 0.0647. The maximum Gasteiger partial charge on any atom is 0.279 e. The van der Waals surface area contributed by atoms with Crippen molar-refractivity contribution in [1.82, 2.24) is 4.57 Å². The van der Waals surface area contributed by atoms with E-state index < -0.39 is 15.9 Å². The smallest absolute Gasteiger partial charge is 0.279 e. The number of thiazole rings is 1. The average molecular weight is 534 g/mol. The third-order valence-corrected chi connectivity index (χ3v) is 7.70. The fourth-order valence-corrected chi connectivity index (χ4v) is 5.57. The third kappa shape index (κ3) is 5.96. The molecule has 182 valence electrons. The van der Waals surface area contributed by atoms with Crippen LogP contribution >= 0.6 is 22.9 Å². The molecule has 11 heteroatoms. The zero-order valence-electron chi connectivity index (χ0n) is 18.6. The van der Waals surface area contributed by atoms with Crippen LogP contribution in [0, 0.1) is 5.82 Å². The number of nitrogens with zero attached hydrogens (tertiary/aromatic N) is 2. The maximum atomic E-state index is 13.7. The van der Waals surface area contributed by atoms with E-state index in [1.54, 1.807) is 6.07 Å². The van der Waals surface area contributed by atoms with Crippen LogP contribution in [0.15, 0.2) is 76.6 Å². The van der Waals surface area contributed by atoms with Crippen LogP contribution in [0.25, 0.3) is 10.2 Å². The summed E-state index contributed by atoms with van der Waals surface area (Å²) >= 11 is 7.03. The van der Waals surface area contributed by atoms with E-state index in [2.05, 4.69) is 9.71 Å². The first kappa shape index (κ1) is 25.1. The van der Waals surface area contributed by atoms with Gasteiger partial charge in [-0.15, -0.1) is 0 Å². The Labute approximate surface area is 210 Å². The van der Waals surface area contributed by atoms with Crippen molar-refractivity contribution in [3.63, 3.8) is 0 Å². The SMILES string of the molecule is CCOCCn1c(=NC(=O)c2ccc(NS(=O)(=O)c3ccc(Cl)cc3)cc2)sc2cc(F)ccc21. The molecule has 0 atom stereocenters. The second kappa shape index (κ2) is 10.7. The predicted molar refractivity (Wildman–Crippen MR) is 135 cm³/mol. The Morgan fingerprint density at radius 1 is 1.11 bits per heavy atom. The van der Waals surface area contributed by atoms with E-state index in [1.807, 2.05) is 11.5 Å². The molecule has 0 aliphatic rings. The van der Waals surface area contributed by atoms with E-state index in [1.165, 1.54) is 72.0 Å². The van der Waals surface area contributed by atoms with Gasteiger partial charge in [-0.25, -0.2) is 12.8 Å². The minimum Gasteiger partial charge on any atom is -0.380 e. The second-order valence-electron chi connectivity index (χ2n) is 7.40. The highest BCUT2D eigenvalue weighted by molar-refractivity contribution is 7.92. The molecule has 4 rings (SSSR count). The molecule has 0 saturated heterocycles. The van der Waals surface area contributed by atoms with E-state index in [0.29, 0.717) is 40.0 Å². The van der Waals surface area contributed by atoms with E-state index in [-0.39, 0.29) is 16.3 Å². The summed E-state index contributed by atoms with van der Waals surface area (Å²) in [4.78, 5) is 17.6. The normalized spacial score (nSPS) is 12.3. The van der Waals surface area contributed by atoms with E-state index in [0.717, 1.165) is 5.52 Å². The van der Waals surface area contributed by atoms with Gasteiger partial charge in [-0.2, -0.15) is 4.99 Å². The summed E-state index contributed by atoms with van der Waals surface area (Å²) in [7, 11) is -3.81. The molecule has 1 aromatic heterocycles. The van der Waals surface area contributed by atoms with Gasteiger partial charge < -0.3 is 9.30 Å². The number of aromatic nitrogens is 1. The minimum atomic E-state index is -3.81. The second-order valence-corrected chi connectivity index (χ2v) is 10.5. The van der Waals surface area contributed by atoms with Gasteiger partial charge in [0.1, 0.15) is 5.82 Å². The number of amides is 1. The molecule has 0 fully saturated rings. The van der Waals surface area contributed by atoms with Crippen LogP contribution in [0.5, 0.6) is 0 Å². The number of benzene rings is 3. The number of ether oxygens (including phenoxy) is 1. The summed E-state index contributed by atoms with van der Waals surface area (Å²) in [6.07, 6.45) is 0. The largest absolute Gasteiger partial charge is 0.380 e. The molecule has 0 unspecified atom stereocenters. The van der Waals surface area contributed by atoms with Gasteiger partial charge >= 0.3 is 0 Å².